The van der Waals surface area contributed by atoms with Crippen molar-refractivity contribution in [2.45, 2.75) is 19.8 Å². The summed E-state index contributed by atoms with van der Waals surface area (Å²) < 4.78 is 15.7. The maximum atomic E-state index is 12.6. The van der Waals surface area contributed by atoms with Crippen LogP contribution in [0.25, 0.3) is 11.3 Å². The minimum atomic E-state index is -0.357. The molecule has 0 spiro atoms. The van der Waals surface area contributed by atoms with E-state index in [0.717, 1.165) is 24.2 Å². The van der Waals surface area contributed by atoms with Crippen LogP contribution in [-0.2, 0) is 0 Å². The summed E-state index contributed by atoms with van der Waals surface area (Å²) in [6, 6.07) is 14.3. The number of methoxy groups -OCH3 is 1. The fourth-order valence-electron chi connectivity index (χ4n) is 2.51. The van der Waals surface area contributed by atoms with Crippen LogP contribution < -0.4 is 14.8 Å². The van der Waals surface area contributed by atoms with Crippen LogP contribution in [0.3, 0.4) is 0 Å². The highest BCUT2D eigenvalue weighted by molar-refractivity contribution is 6.07. The van der Waals surface area contributed by atoms with Gasteiger partial charge in [0, 0.05) is 5.56 Å². The number of hydrogen-bond acceptors (Lipinski definition) is 6. The van der Waals surface area contributed by atoms with Crippen molar-refractivity contribution in [2.75, 3.05) is 19.0 Å². The van der Waals surface area contributed by atoms with Gasteiger partial charge in [0.15, 0.2) is 5.69 Å². The zero-order valence-corrected chi connectivity index (χ0v) is 15.3. The molecule has 0 aliphatic heterocycles. The molecule has 3 aromatic rings. The normalized spacial score (nSPS) is 10.4. The fraction of sp³-hybridized carbons (Fsp3) is 0.250. The van der Waals surface area contributed by atoms with Crippen molar-refractivity contribution in [1.82, 2.24) is 10.3 Å². The van der Waals surface area contributed by atoms with Gasteiger partial charge in [-0.1, -0.05) is 25.5 Å². The van der Waals surface area contributed by atoms with Gasteiger partial charge in [-0.15, -0.1) is 0 Å². The van der Waals surface area contributed by atoms with E-state index in [0.29, 0.717) is 23.6 Å². The summed E-state index contributed by atoms with van der Waals surface area (Å²) in [5, 5.41) is 10.4. The molecule has 140 valence electrons. The Kier molecular flexibility index (Phi) is 6.04. The number of aromatic nitrogens is 2. The van der Waals surface area contributed by atoms with Crippen molar-refractivity contribution < 1.29 is 18.9 Å². The fourth-order valence-corrected chi connectivity index (χ4v) is 2.51. The molecule has 0 unspecified atom stereocenters. The van der Waals surface area contributed by atoms with Crippen LogP contribution in [0.15, 0.2) is 53.2 Å². The van der Waals surface area contributed by atoms with Gasteiger partial charge in [-0.25, -0.2) is 4.63 Å². The maximum Gasteiger partial charge on any atom is 0.260 e. The van der Waals surface area contributed by atoms with Crippen LogP contribution in [0, 0.1) is 0 Å². The number of nitrogens with one attached hydrogen (secondary N) is 1. The van der Waals surface area contributed by atoms with Gasteiger partial charge in [-0.05, 0) is 53.1 Å². The number of benzene rings is 2. The van der Waals surface area contributed by atoms with Crippen molar-refractivity contribution in [3.8, 4) is 22.8 Å². The number of nitrogens with zero attached hydrogens (tertiary/aromatic N) is 2. The molecule has 0 fully saturated rings. The third-order valence-corrected chi connectivity index (χ3v) is 3.97. The molecule has 0 aliphatic rings. The van der Waals surface area contributed by atoms with Crippen LogP contribution in [-0.4, -0.2) is 29.9 Å². The van der Waals surface area contributed by atoms with Crippen molar-refractivity contribution in [2.24, 2.45) is 0 Å². The largest absolute Gasteiger partial charge is 0.496 e. The first-order valence-corrected chi connectivity index (χ1v) is 8.73. The lowest BCUT2D eigenvalue weighted by atomic mass is 10.1. The lowest BCUT2D eigenvalue weighted by Gasteiger charge is -2.08. The minimum absolute atomic E-state index is 0.241. The van der Waals surface area contributed by atoms with Crippen LogP contribution in [0.2, 0.25) is 0 Å². The summed E-state index contributed by atoms with van der Waals surface area (Å²) in [5.41, 5.74) is 1.60. The average molecular weight is 367 g/mol. The molecule has 27 heavy (non-hydrogen) atoms. The highest BCUT2D eigenvalue weighted by Gasteiger charge is 2.18. The van der Waals surface area contributed by atoms with Crippen molar-refractivity contribution in [1.29, 1.82) is 0 Å². The van der Waals surface area contributed by atoms with Crippen molar-refractivity contribution >= 4 is 11.7 Å². The Morgan fingerprint density at radius 1 is 1.11 bits per heavy atom. The van der Waals surface area contributed by atoms with Crippen LogP contribution >= 0.6 is 0 Å². The first-order valence-electron chi connectivity index (χ1n) is 8.73. The Bertz CT molecular complexity index is 890. The van der Waals surface area contributed by atoms with Gasteiger partial charge in [0.1, 0.15) is 11.5 Å². The summed E-state index contributed by atoms with van der Waals surface area (Å²) in [5.74, 6) is 1.14. The molecule has 1 heterocycles. The van der Waals surface area contributed by atoms with Gasteiger partial charge in [0.05, 0.1) is 19.3 Å². The monoisotopic (exact) mass is 367 g/mol. The van der Waals surface area contributed by atoms with E-state index in [1.807, 2.05) is 24.3 Å². The van der Waals surface area contributed by atoms with Crippen LogP contribution in [0.1, 0.15) is 30.1 Å². The van der Waals surface area contributed by atoms with Gasteiger partial charge in [0.2, 0.25) is 5.82 Å². The molecule has 0 radical (unpaired) electrons. The summed E-state index contributed by atoms with van der Waals surface area (Å²) in [7, 11) is 1.51. The molecule has 1 amide bonds. The summed E-state index contributed by atoms with van der Waals surface area (Å²) in [6.45, 7) is 2.80. The highest BCUT2D eigenvalue weighted by atomic mass is 16.6. The van der Waals surface area contributed by atoms with E-state index in [9.17, 15) is 4.79 Å². The van der Waals surface area contributed by atoms with Gasteiger partial charge in [0.25, 0.3) is 5.91 Å². The SMILES string of the molecule is CCCCOc1ccc(-c2nonc2NC(=O)c2ccccc2OC)cc1. The van der Waals surface area contributed by atoms with Gasteiger partial charge >= 0.3 is 0 Å². The third kappa shape index (κ3) is 4.44. The second-order valence-corrected chi connectivity index (χ2v) is 5.84. The smallest absolute Gasteiger partial charge is 0.260 e. The number of amides is 1. The average Bonchev–Trinajstić information content (AvgIpc) is 3.16. The van der Waals surface area contributed by atoms with Gasteiger partial charge in [-0.3, -0.25) is 4.79 Å². The van der Waals surface area contributed by atoms with E-state index in [4.69, 9.17) is 14.1 Å². The number of unbranched alkanes of at least 4 members (excludes halogenated alkanes) is 1. The van der Waals surface area contributed by atoms with E-state index in [1.54, 1.807) is 24.3 Å². The lowest BCUT2D eigenvalue weighted by Crippen LogP contribution is -2.14. The van der Waals surface area contributed by atoms with E-state index in [-0.39, 0.29) is 11.7 Å². The van der Waals surface area contributed by atoms with E-state index < -0.39 is 0 Å². The van der Waals surface area contributed by atoms with Gasteiger partial charge < -0.3 is 14.8 Å². The quantitative estimate of drug-likeness (QED) is 0.601. The second-order valence-electron chi connectivity index (χ2n) is 5.84. The number of hydrogen-bond donors (Lipinski definition) is 1. The van der Waals surface area contributed by atoms with Crippen LogP contribution in [0.5, 0.6) is 11.5 Å². The first kappa shape index (κ1) is 18.4. The number of carbonyl (C=O) groups is 1. The topological polar surface area (TPSA) is 86.5 Å². The number of ether oxygens (including phenoxy) is 2. The molecule has 7 nitrogen and oxygen atoms in total. The first-order chi connectivity index (χ1) is 13.2. The zero-order valence-electron chi connectivity index (χ0n) is 15.3. The molecule has 2 aromatic carbocycles. The van der Waals surface area contributed by atoms with E-state index in [2.05, 4.69) is 22.6 Å². The Morgan fingerprint density at radius 3 is 2.63 bits per heavy atom. The molecular formula is C20H21N3O4. The molecule has 0 aliphatic carbocycles. The van der Waals surface area contributed by atoms with E-state index in [1.165, 1.54) is 7.11 Å². The number of anilines is 1. The number of rotatable bonds is 8. The molecular weight excluding hydrogens is 346 g/mol. The van der Waals surface area contributed by atoms with Crippen molar-refractivity contribution in [3.05, 3.63) is 54.1 Å². The molecule has 0 bridgehead atoms. The number of para-hydroxylation sites is 1. The maximum absolute atomic E-state index is 12.6. The molecule has 3 rings (SSSR count). The summed E-state index contributed by atoms with van der Waals surface area (Å²) >= 11 is 0. The van der Waals surface area contributed by atoms with E-state index >= 15 is 0 Å². The molecule has 0 saturated heterocycles. The number of carbonyl (C=O) groups excluding carboxylic acids is 1. The van der Waals surface area contributed by atoms with Crippen molar-refractivity contribution in [3.63, 3.8) is 0 Å². The third-order valence-electron chi connectivity index (χ3n) is 3.97. The predicted molar refractivity (Wildman–Crippen MR) is 101 cm³/mol. The minimum Gasteiger partial charge on any atom is -0.496 e. The summed E-state index contributed by atoms with van der Waals surface area (Å²) in [6.07, 6.45) is 2.09. The predicted octanol–water partition coefficient (Wildman–Crippen LogP) is 4.18. The Balaban J connectivity index is 1.75. The Labute approximate surface area is 157 Å². The second kappa shape index (κ2) is 8.84. The van der Waals surface area contributed by atoms with Crippen LogP contribution in [0.4, 0.5) is 5.82 Å². The molecule has 1 aromatic heterocycles. The molecule has 7 heteroatoms. The standard InChI is InChI=1S/C20H21N3O4/c1-3-4-13-26-15-11-9-14(10-12-15)18-19(23-27-22-18)21-20(24)16-7-5-6-8-17(16)25-2/h5-12H,3-4,13H2,1-2H3,(H,21,23,24). The molecule has 1 N–H and O–H groups in total. The molecule has 0 saturated carbocycles. The zero-order chi connectivity index (χ0) is 19.1. The molecule has 0 atom stereocenters. The Morgan fingerprint density at radius 2 is 1.89 bits per heavy atom. The summed E-state index contributed by atoms with van der Waals surface area (Å²) in [4.78, 5) is 12.6. The highest BCUT2D eigenvalue weighted by Crippen LogP contribution is 2.27. The lowest BCUT2D eigenvalue weighted by molar-refractivity contribution is 0.102. The van der Waals surface area contributed by atoms with Gasteiger partial charge in [-0.2, -0.15) is 0 Å². The Hall–Kier alpha value is -3.35.